The molecule has 1 rings (SSSR count). The minimum Gasteiger partial charge on any atom is -0.310 e. The van der Waals surface area contributed by atoms with Gasteiger partial charge in [0.2, 0.25) is 0 Å². The van der Waals surface area contributed by atoms with Gasteiger partial charge in [-0.25, -0.2) is 0 Å². The van der Waals surface area contributed by atoms with Crippen molar-refractivity contribution >= 4 is 0 Å². The van der Waals surface area contributed by atoms with E-state index in [1.165, 1.54) is 12.1 Å². The maximum atomic E-state index is 12.6. The van der Waals surface area contributed by atoms with Crippen molar-refractivity contribution in [3.05, 3.63) is 35.4 Å². The molecule has 108 valence electrons. The van der Waals surface area contributed by atoms with Crippen LogP contribution in [0.5, 0.6) is 0 Å². The van der Waals surface area contributed by atoms with Gasteiger partial charge in [0.15, 0.2) is 0 Å². The van der Waals surface area contributed by atoms with E-state index in [1.807, 2.05) is 21.0 Å². The molecule has 5 heteroatoms. The summed E-state index contributed by atoms with van der Waals surface area (Å²) in [5, 5.41) is 3.24. The lowest BCUT2D eigenvalue weighted by atomic mass is 10.0. The smallest absolute Gasteiger partial charge is 0.310 e. The lowest BCUT2D eigenvalue weighted by Gasteiger charge is -2.17. The number of hydrogen-bond donors (Lipinski definition) is 1. The second kappa shape index (κ2) is 6.91. The molecule has 1 aromatic carbocycles. The predicted octanol–water partition coefficient (Wildman–Crippen LogP) is 3.31. The van der Waals surface area contributed by atoms with Crippen LogP contribution in [0.1, 0.15) is 30.5 Å². The molecule has 0 aliphatic carbocycles. The van der Waals surface area contributed by atoms with E-state index < -0.39 is 11.7 Å². The van der Waals surface area contributed by atoms with Crippen molar-refractivity contribution in [3.8, 4) is 0 Å². The van der Waals surface area contributed by atoms with Gasteiger partial charge in [0.05, 0.1) is 5.56 Å². The zero-order chi connectivity index (χ0) is 14.5. The van der Waals surface area contributed by atoms with E-state index in [9.17, 15) is 13.2 Å². The van der Waals surface area contributed by atoms with E-state index in [0.717, 1.165) is 25.6 Å². The number of nitrogens with one attached hydrogen (secondary N) is 1. The maximum absolute atomic E-state index is 12.6. The quantitative estimate of drug-likeness (QED) is 0.801. The fraction of sp³-hybridized carbons (Fsp3) is 0.571. The van der Waals surface area contributed by atoms with Gasteiger partial charge in [-0.3, -0.25) is 0 Å². The Labute approximate surface area is 112 Å². The first-order valence-corrected chi connectivity index (χ1v) is 6.36. The Hall–Kier alpha value is -1.07. The molecule has 1 unspecified atom stereocenters. The van der Waals surface area contributed by atoms with Crippen LogP contribution < -0.4 is 5.32 Å². The Kier molecular flexibility index (Phi) is 5.82. The average molecular weight is 274 g/mol. The first-order chi connectivity index (χ1) is 8.80. The summed E-state index contributed by atoms with van der Waals surface area (Å²) in [6, 6.07) is 5.41. The van der Waals surface area contributed by atoms with Gasteiger partial charge in [-0.2, -0.15) is 13.2 Å². The van der Waals surface area contributed by atoms with Crippen molar-refractivity contribution in [2.24, 2.45) is 0 Å². The van der Waals surface area contributed by atoms with E-state index in [-0.39, 0.29) is 6.04 Å². The van der Waals surface area contributed by atoms with E-state index >= 15 is 0 Å². The lowest BCUT2D eigenvalue weighted by molar-refractivity contribution is -0.137. The van der Waals surface area contributed by atoms with Crippen LogP contribution in [0.4, 0.5) is 13.2 Å². The molecule has 0 radical (unpaired) electrons. The summed E-state index contributed by atoms with van der Waals surface area (Å²) < 4.78 is 37.8. The fourth-order valence-electron chi connectivity index (χ4n) is 1.82. The molecule has 0 heterocycles. The number of alkyl halides is 3. The molecule has 1 aromatic rings. The molecule has 19 heavy (non-hydrogen) atoms. The number of hydrogen-bond acceptors (Lipinski definition) is 2. The summed E-state index contributed by atoms with van der Waals surface area (Å²) in [7, 11) is 3.99. The molecule has 0 spiro atoms. The maximum Gasteiger partial charge on any atom is 0.416 e. The van der Waals surface area contributed by atoms with E-state index in [0.29, 0.717) is 5.56 Å². The van der Waals surface area contributed by atoms with Gasteiger partial charge in [0, 0.05) is 6.04 Å². The van der Waals surface area contributed by atoms with E-state index in [2.05, 4.69) is 10.2 Å². The van der Waals surface area contributed by atoms with Crippen LogP contribution >= 0.6 is 0 Å². The molecule has 1 N–H and O–H groups in total. The van der Waals surface area contributed by atoms with E-state index in [1.54, 1.807) is 6.07 Å². The second-order valence-corrected chi connectivity index (χ2v) is 4.96. The van der Waals surface area contributed by atoms with Crippen molar-refractivity contribution in [2.45, 2.75) is 25.6 Å². The van der Waals surface area contributed by atoms with Gasteiger partial charge >= 0.3 is 6.18 Å². The third-order valence-corrected chi connectivity index (χ3v) is 2.95. The Morgan fingerprint density at radius 2 is 1.95 bits per heavy atom. The van der Waals surface area contributed by atoms with Gasteiger partial charge in [0.25, 0.3) is 0 Å². The highest BCUT2D eigenvalue weighted by molar-refractivity contribution is 5.27. The van der Waals surface area contributed by atoms with Gasteiger partial charge in [-0.05, 0) is 58.2 Å². The highest BCUT2D eigenvalue weighted by Gasteiger charge is 2.30. The molecule has 0 aromatic heterocycles. The molecular weight excluding hydrogens is 253 g/mol. The second-order valence-electron chi connectivity index (χ2n) is 4.96. The Morgan fingerprint density at radius 3 is 2.53 bits per heavy atom. The van der Waals surface area contributed by atoms with Crippen molar-refractivity contribution in [2.75, 3.05) is 27.2 Å². The molecule has 0 fully saturated rings. The largest absolute Gasteiger partial charge is 0.416 e. The number of rotatable bonds is 6. The lowest BCUT2D eigenvalue weighted by Crippen LogP contribution is -2.24. The molecule has 0 amide bonds. The predicted molar refractivity (Wildman–Crippen MR) is 71.0 cm³/mol. The molecular formula is C14H21F3N2. The first-order valence-electron chi connectivity index (χ1n) is 6.36. The minimum atomic E-state index is -4.28. The minimum absolute atomic E-state index is 0.0792. The summed E-state index contributed by atoms with van der Waals surface area (Å²) in [5.41, 5.74) is 0.0756. The zero-order valence-corrected chi connectivity index (χ0v) is 11.6. The van der Waals surface area contributed by atoms with Crippen molar-refractivity contribution in [3.63, 3.8) is 0 Å². The third-order valence-electron chi connectivity index (χ3n) is 2.95. The van der Waals surface area contributed by atoms with Crippen LogP contribution in [-0.2, 0) is 6.18 Å². The topological polar surface area (TPSA) is 15.3 Å². The molecule has 1 atom stereocenters. The molecule has 0 saturated heterocycles. The monoisotopic (exact) mass is 274 g/mol. The van der Waals surface area contributed by atoms with Gasteiger partial charge < -0.3 is 10.2 Å². The van der Waals surface area contributed by atoms with Crippen LogP contribution in [0.15, 0.2) is 24.3 Å². The summed E-state index contributed by atoms with van der Waals surface area (Å²) in [5.74, 6) is 0. The number of benzene rings is 1. The van der Waals surface area contributed by atoms with Crippen molar-refractivity contribution < 1.29 is 13.2 Å². The highest BCUT2D eigenvalue weighted by atomic mass is 19.4. The zero-order valence-electron chi connectivity index (χ0n) is 11.6. The summed E-state index contributed by atoms with van der Waals surface area (Å²) in [6.07, 6.45) is -3.31. The van der Waals surface area contributed by atoms with Crippen molar-refractivity contribution in [1.82, 2.24) is 10.2 Å². The SMILES string of the molecule is CC(NCCCN(C)C)c1cccc(C(F)(F)F)c1. The number of nitrogens with zero attached hydrogens (tertiary/aromatic N) is 1. The van der Waals surface area contributed by atoms with Crippen LogP contribution in [-0.4, -0.2) is 32.1 Å². The van der Waals surface area contributed by atoms with Crippen LogP contribution in [0.25, 0.3) is 0 Å². The molecule has 0 saturated carbocycles. The molecule has 2 nitrogen and oxygen atoms in total. The first kappa shape index (κ1) is 16.0. The highest BCUT2D eigenvalue weighted by Crippen LogP contribution is 2.30. The van der Waals surface area contributed by atoms with E-state index in [4.69, 9.17) is 0 Å². The fourth-order valence-corrected chi connectivity index (χ4v) is 1.82. The Bertz CT molecular complexity index is 389. The molecule has 0 aliphatic heterocycles. The summed E-state index contributed by atoms with van der Waals surface area (Å²) in [4.78, 5) is 2.08. The number of halogens is 3. The normalized spacial score (nSPS) is 13.8. The summed E-state index contributed by atoms with van der Waals surface area (Å²) >= 11 is 0. The van der Waals surface area contributed by atoms with Crippen LogP contribution in [0.3, 0.4) is 0 Å². The molecule has 0 aliphatic rings. The van der Waals surface area contributed by atoms with Gasteiger partial charge in [-0.15, -0.1) is 0 Å². The Balaban J connectivity index is 2.55. The van der Waals surface area contributed by atoms with Gasteiger partial charge in [-0.1, -0.05) is 12.1 Å². The Morgan fingerprint density at radius 1 is 1.26 bits per heavy atom. The summed E-state index contributed by atoms with van der Waals surface area (Å²) in [6.45, 7) is 3.63. The van der Waals surface area contributed by atoms with Crippen LogP contribution in [0, 0.1) is 0 Å². The average Bonchev–Trinajstić information content (AvgIpc) is 2.33. The molecule has 0 bridgehead atoms. The standard InChI is InChI=1S/C14H21F3N2/c1-11(18-8-5-9-19(2)3)12-6-4-7-13(10-12)14(15,16)17/h4,6-7,10-11,18H,5,8-9H2,1-3H3. The van der Waals surface area contributed by atoms with Gasteiger partial charge in [0.1, 0.15) is 0 Å². The van der Waals surface area contributed by atoms with Crippen molar-refractivity contribution in [1.29, 1.82) is 0 Å². The third kappa shape index (κ3) is 5.61. The van der Waals surface area contributed by atoms with Crippen LogP contribution in [0.2, 0.25) is 0 Å².